The van der Waals surface area contributed by atoms with E-state index in [4.69, 9.17) is 5.11 Å². The van der Waals surface area contributed by atoms with Gasteiger partial charge in [-0.2, -0.15) is 0 Å². The minimum atomic E-state index is -0.330. The molecular weight excluding hydrogens is 216 g/mol. The highest BCUT2D eigenvalue weighted by molar-refractivity contribution is 5.81. The van der Waals surface area contributed by atoms with E-state index in [1.54, 1.807) is 0 Å². The van der Waals surface area contributed by atoms with Gasteiger partial charge in [-0.05, 0) is 12.8 Å². The van der Waals surface area contributed by atoms with Crippen LogP contribution in [0, 0.1) is 0 Å². The number of aliphatic hydroxyl groups excluding tert-OH is 1. The number of hydrogen-bond donors (Lipinski definition) is 1. The van der Waals surface area contributed by atoms with Crippen LogP contribution in [0.15, 0.2) is 12.7 Å². The van der Waals surface area contributed by atoms with Gasteiger partial charge in [0.25, 0.3) is 0 Å². The Morgan fingerprint density at radius 2 is 1.59 bits per heavy atom. The third-order valence-corrected chi connectivity index (χ3v) is 1.13. The molecule has 0 aromatic rings. The summed E-state index contributed by atoms with van der Waals surface area (Å²) in [5, 5.41) is 7.88. The fraction of sp³-hybridized carbons (Fsp3) is 0.786. The molecule has 0 radical (unpaired) electrons. The summed E-state index contributed by atoms with van der Waals surface area (Å²) >= 11 is 0. The Balaban J connectivity index is -0.0000000338. The van der Waals surface area contributed by atoms with Gasteiger partial charge in [-0.3, -0.25) is 0 Å². The van der Waals surface area contributed by atoms with Crippen molar-refractivity contribution < 1.29 is 14.6 Å². The summed E-state index contributed by atoms with van der Waals surface area (Å²) in [6.45, 7) is 8.07. The number of unbranched alkanes of at least 4 members (excludes halogenated alkanes) is 1. The lowest BCUT2D eigenvalue weighted by Crippen LogP contribution is -2.00. The maximum absolute atomic E-state index is 10.3. The molecule has 0 amide bonds. The molecule has 0 aliphatic rings. The third-order valence-electron chi connectivity index (χ3n) is 1.13. The van der Waals surface area contributed by atoms with Gasteiger partial charge in [0.2, 0.25) is 0 Å². The van der Waals surface area contributed by atoms with Crippen LogP contribution in [-0.4, -0.2) is 24.3 Å². The first kappa shape index (κ1) is 36.0. The molecular formula is C14H36O3. The average Bonchev–Trinajstić information content (AvgIpc) is 2.18. The summed E-state index contributed by atoms with van der Waals surface area (Å²) in [6.07, 6.45) is 4.03. The summed E-state index contributed by atoms with van der Waals surface area (Å²) in [5.41, 5.74) is 0. The second kappa shape index (κ2) is 36.2. The van der Waals surface area contributed by atoms with Crippen molar-refractivity contribution >= 4 is 5.97 Å². The molecule has 1 N–H and O–H groups in total. The standard InChI is InChI=1S/C7H12O2.C3H8O.4CH4/c1-3-5-6-9-7(8)4-2;1-2-3-4;;;;/h4H,2-3,5-6H2,1H3;4H,2-3H2,1H3;4*1H4. The van der Waals surface area contributed by atoms with E-state index < -0.39 is 0 Å². The highest BCUT2D eigenvalue weighted by atomic mass is 16.5. The Morgan fingerprint density at radius 3 is 1.82 bits per heavy atom. The van der Waals surface area contributed by atoms with E-state index >= 15 is 0 Å². The van der Waals surface area contributed by atoms with E-state index in [1.165, 1.54) is 6.08 Å². The van der Waals surface area contributed by atoms with E-state index in [9.17, 15) is 4.79 Å². The molecule has 0 spiro atoms. The SMILES string of the molecule is C.C.C.C.C=CC(=O)OCCCC.CCCO. The van der Waals surface area contributed by atoms with Crippen molar-refractivity contribution in [3.63, 3.8) is 0 Å². The topological polar surface area (TPSA) is 46.5 Å². The van der Waals surface area contributed by atoms with Gasteiger partial charge in [-0.25, -0.2) is 4.79 Å². The van der Waals surface area contributed by atoms with Crippen LogP contribution in [0.3, 0.4) is 0 Å². The minimum Gasteiger partial charge on any atom is -0.463 e. The first-order valence-electron chi connectivity index (χ1n) is 4.62. The lowest BCUT2D eigenvalue weighted by Gasteiger charge is -1.97. The Labute approximate surface area is 110 Å². The van der Waals surface area contributed by atoms with Crippen LogP contribution in [0.4, 0.5) is 0 Å². The molecule has 0 fully saturated rings. The molecule has 0 saturated heterocycles. The van der Waals surface area contributed by atoms with Gasteiger partial charge in [0, 0.05) is 12.7 Å². The number of aliphatic hydroxyl groups is 1. The molecule has 3 nitrogen and oxygen atoms in total. The lowest BCUT2D eigenvalue weighted by molar-refractivity contribution is -0.137. The van der Waals surface area contributed by atoms with E-state index in [0.29, 0.717) is 13.2 Å². The quantitative estimate of drug-likeness (QED) is 0.447. The van der Waals surface area contributed by atoms with Crippen LogP contribution in [0.1, 0.15) is 62.8 Å². The highest BCUT2D eigenvalue weighted by Crippen LogP contribution is 1.88. The van der Waals surface area contributed by atoms with Gasteiger partial charge in [-0.15, -0.1) is 0 Å². The molecule has 0 unspecified atom stereocenters. The largest absolute Gasteiger partial charge is 0.463 e. The Bertz CT molecular complexity index is 121. The first-order chi connectivity index (χ1) is 6.22. The van der Waals surface area contributed by atoms with Crippen molar-refractivity contribution in [2.45, 2.75) is 62.8 Å². The van der Waals surface area contributed by atoms with Gasteiger partial charge in [0.15, 0.2) is 0 Å². The van der Waals surface area contributed by atoms with Crippen molar-refractivity contribution in [3.8, 4) is 0 Å². The van der Waals surface area contributed by atoms with Crippen molar-refractivity contribution in [3.05, 3.63) is 12.7 Å². The molecule has 0 aromatic heterocycles. The average molecular weight is 252 g/mol. The van der Waals surface area contributed by atoms with Crippen LogP contribution in [-0.2, 0) is 9.53 Å². The summed E-state index contributed by atoms with van der Waals surface area (Å²) in [5.74, 6) is -0.330. The Morgan fingerprint density at radius 1 is 1.18 bits per heavy atom. The van der Waals surface area contributed by atoms with Crippen LogP contribution >= 0.6 is 0 Å². The zero-order valence-corrected chi connectivity index (χ0v) is 8.58. The number of rotatable bonds is 5. The summed E-state index contributed by atoms with van der Waals surface area (Å²) in [7, 11) is 0. The van der Waals surface area contributed by atoms with Gasteiger partial charge in [-0.1, -0.05) is 56.6 Å². The Hall–Kier alpha value is -0.830. The number of carbonyl (C=O) groups excluding carboxylic acids is 1. The molecule has 17 heavy (non-hydrogen) atoms. The van der Waals surface area contributed by atoms with Gasteiger partial charge >= 0.3 is 5.97 Å². The zero-order chi connectivity index (χ0) is 10.5. The van der Waals surface area contributed by atoms with E-state index in [0.717, 1.165) is 19.3 Å². The third kappa shape index (κ3) is 51.2. The molecule has 0 aromatic carbocycles. The van der Waals surface area contributed by atoms with Crippen LogP contribution in [0.25, 0.3) is 0 Å². The fourth-order valence-corrected chi connectivity index (χ4v) is 0.376. The number of esters is 1. The normalized spacial score (nSPS) is 6.29. The molecule has 0 atom stereocenters. The number of hydrogen-bond acceptors (Lipinski definition) is 3. The van der Waals surface area contributed by atoms with Crippen molar-refractivity contribution in [1.29, 1.82) is 0 Å². The predicted octanol–water partition coefficient (Wildman–Crippen LogP) is 4.45. The molecule has 0 heterocycles. The molecule has 0 aliphatic heterocycles. The van der Waals surface area contributed by atoms with Crippen LogP contribution in [0.5, 0.6) is 0 Å². The predicted molar refractivity (Wildman–Crippen MR) is 80.4 cm³/mol. The summed E-state index contributed by atoms with van der Waals surface area (Å²) in [4.78, 5) is 10.3. The summed E-state index contributed by atoms with van der Waals surface area (Å²) in [6, 6.07) is 0. The molecule has 0 aliphatic carbocycles. The second-order valence-corrected chi connectivity index (χ2v) is 2.45. The number of ether oxygens (including phenoxy) is 1. The minimum absolute atomic E-state index is 0. The fourth-order valence-electron chi connectivity index (χ4n) is 0.376. The number of carbonyl (C=O) groups is 1. The highest BCUT2D eigenvalue weighted by Gasteiger charge is 1.91. The smallest absolute Gasteiger partial charge is 0.330 e. The van der Waals surface area contributed by atoms with Crippen molar-refractivity contribution in [1.82, 2.24) is 0 Å². The van der Waals surface area contributed by atoms with E-state index in [2.05, 4.69) is 11.3 Å². The summed E-state index contributed by atoms with van der Waals surface area (Å²) < 4.78 is 4.67. The zero-order valence-electron chi connectivity index (χ0n) is 8.58. The van der Waals surface area contributed by atoms with Gasteiger partial charge in [0.05, 0.1) is 6.61 Å². The van der Waals surface area contributed by atoms with Crippen LogP contribution < -0.4 is 0 Å². The molecule has 0 saturated carbocycles. The van der Waals surface area contributed by atoms with E-state index in [1.807, 2.05) is 13.8 Å². The van der Waals surface area contributed by atoms with Gasteiger partial charge in [0.1, 0.15) is 0 Å². The van der Waals surface area contributed by atoms with Crippen molar-refractivity contribution in [2.24, 2.45) is 0 Å². The molecule has 110 valence electrons. The lowest BCUT2D eigenvalue weighted by atomic mass is 10.4. The maximum atomic E-state index is 10.3. The van der Waals surface area contributed by atoms with Gasteiger partial charge < -0.3 is 9.84 Å². The first-order valence-corrected chi connectivity index (χ1v) is 4.62. The molecule has 0 bridgehead atoms. The molecule has 3 heteroatoms. The maximum Gasteiger partial charge on any atom is 0.330 e. The van der Waals surface area contributed by atoms with Crippen molar-refractivity contribution in [2.75, 3.05) is 13.2 Å². The second-order valence-electron chi connectivity index (χ2n) is 2.45. The monoisotopic (exact) mass is 252 g/mol. The van der Waals surface area contributed by atoms with Crippen LogP contribution in [0.2, 0.25) is 0 Å². The van der Waals surface area contributed by atoms with E-state index in [-0.39, 0.29) is 35.7 Å². The Kier molecular flexibility index (Phi) is 76.7. The molecule has 0 rings (SSSR count).